The minimum absolute atomic E-state index is 0.0262. The lowest BCUT2D eigenvalue weighted by atomic mass is 9.85. The van der Waals surface area contributed by atoms with Crippen molar-refractivity contribution >= 4 is 63.6 Å². The number of aliphatic hydroxyl groups excluding tert-OH is 1. The van der Waals surface area contributed by atoms with Crippen molar-refractivity contribution in [1.29, 1.82) is 0 Å². The molecule has 1 saturated heterocycles. The highest BCUT2D eigenvalue weighted by Crippen LogP contribution is 2.40. The topological polar surface area (TPSA) is 202 Å². The van der Waals surface area contributed by atoms with E-state index in [0.717, 1.165) is 60.4 Å². The normalized spacial score (nSPS) is 17.5. The predicted octanol–water partition coefficient (Wildman–Crippen LogP) is 7.31. The minimum Gasteiger partial charge on any atom is -0.391 e. The van der Waals surface area contributed by atoms with Gasteiger partial charge in [-0.15, -0.1) is 32.9 Å². The third-order valence-corrected chi connectivity index (χ3v) is 15.0. The van der Waals surface area contributed by atoms with Crippen LogP contribution in [0, 0.1) is 33.1 Å². The van der Waals surface area contributed by atoms with Crippen molar-refractivity contribution in [2.75, 3.05) is 39.5 Å². The number of carbonyl (C=O) groups is 4. The molecule has 0 aliphatic carbocycles. The summed E-state index contributed by atoms with van der Waals surface area (Å²) >= 11 is 9.47. The number of thiazole rings is 1. The SMILES string of the molecule is CCC[C@H](NC(=O)[C@@H]1C[C@@H](O)CN1C(=O)[C@@H](NC(=O)COCCCOCCNC(=O)C[C@@H]1N=C(c2ccc(Cl)cc2)c2c(sc(C)c2C)-n2c(C)nnc21)C(C)(C)C)c1ccc(-c2scnc2C)cc1. The molecule has 0 unspecified atom stereocenters. The number of carbonyl (C=O) groups excluding carboxylic acids is 4. The number of aryl methyl sites for hydroxylation is 3. The molecule has 70 heavy (non-hydrogen) atoms. The van der Waals surface area contributed by atoms with Gasteiger partial charge >= 0.3 is 0 Å². The molecule has 19 heteroatoms. The van der Waals surface area contributed by atoms with Gasteiger partial charge in [-0.25, -0.2) is 4.98 Å². The van der Waals surface area contributed by atoms with Crippen molar-refractivity contribution < 1.29 is 33.8 Å². The summed E-state index contributed by atoms with van der Waals surface area (Å²) in [7, 11) is 0. The maximum atomic E-state index is 14.2. The molecule has 0 radical (unpaired) electrons. The van der Waals surface area contributed by atoms with E-state index in [1.807, 2.05) is 100 Å². The van der Waals surface area contributed by atoms with E-state index in [9.17, 15) is 24.3 Å². The van der Waals surface area contributed by atoms with E-state index in [-0.39, 0.29) is 63.6 Å². The van der Waals surface area contributed by atoms with Gasteiger partial charge in [-0.05, 0) is 74.8 Å². The number of thiophene rings is 1. The van der Waals surface area contributed by atoms with Crippen molar-refractivity contribution in [2.24, 2.45) is 10.4 Å². The summed E-state index contributed by atoms with van der Waals surface area (Å²) in [6.45, 7) is 16.4. The highest BCUT2D eigenvalue weighted by atomic mass is 35.5. The molecule has 0 bridgehead atoms. The highest BCUT2D eigenvalue weighted by Gasteiger charge is 2.45. The van der Waals surface area contributed by atoms with Gasteiger partial charge in [0.05, 0.1) is 47.0 Å². The number of aromatic nitrogens is 4. The first-order chi connectivity index (χ1) is 33.4. The zero-order valence-corrected chi connectivity index (χ0v) is 43.5. The molecule has 3 aromatic heterocycles. The Kier molecular flexibility index (Phi) is 17.4. The summed E-state index contributed by atoms with van der Waals surface area (Å²) in [5.41, 5.74) is 7.84. The molecule has 2 aliphatic heterocycles. The number of nitrogens with one attached hydrogen (secondary N) is 3. The number of fused-ring (bicyclic) bond motifs is 3. The first-order valence-corrected chi connectivity index (χ1v) is 25.9. The number of ether oxygens (including phenoxy) is 2. The van der Waals surface area contributed by atoms with Crippen LogP contribution in [0.15, 0.2) is 59.0 Å². The van der Waals surface area contributed by atoms with Crippen LogP contribution in [-0.2, 0) is 28.7 Å². The summed E-state index contributed by atoms with van der Waals surface area (Å²) in [6, 6.07) is 12.8. The van der Waals surface area contributed by atoms with Crippen LogP contribution in [0.5, 0.6) is 0 Å². The number of halogens is 1. The number of β-amino-alcohol motifs (C(OH)–C–C–N with tert-alkyl or cyclic N) is 1. The molecule has 5 heterocycles. The monoisotopic (exact) mass is 1010 g/mol. The Morgan fingerprint density at radius 2 is 1.64 bits per heavy atom. The number of aliphatic imine (C=N–C) groups is 1. The Morgan fingerprint density at radius 1 is 0.929 bits per heavy atom. The number of aliphatic hydroxyl groups is 1. The van der Waals surface area contributed by atoms with Crippen LogP contribution in [0.2, 0.25) is 5.02 Å². The molecule has 16 nitrogen and oxygen atoms in total. The molecule has 374 valence electrons. The van der Waals surface area contributed by atoms with Crippen LogP contribution < -0.4 is 16.0 Å². The van der Waals surface area contributed by atoms with E-state index in [1.165, 1.54) is 4.90 Å². The number of amides is 4. The Hall–Kier alpha value is -5.37. The second-order valence-corrected chi connectivity index (χ2v) is 21.5. The van der Waals surface area contributed by atoms with Crippen molar-refractivity contribution in [3.05, 3.63) is 104 Å². The average molecular weight is 1010 g/mol. The molecule has 0 saturated carbocycles. The summed E-state index contributed by atoms with van der Waals surface area (Å²) in [4.78, 5) is 67.8. The molecule has 4 N–H and O–H groups in total. The molecule has 4 amide bonds. The Balaban J connectivity index is 0.852. The fourth-order valence-corrected chi connectivity index (χ4v) is 11.0. The molecular weight excluding hydrogens is 950 g/mol. The minimum atomic E-state index is -0.985. The van der Waals surface area contributed by atoms with Gasteiger partial charge in [-0.3, -0.25) is 28.7 Å². The van der Waals surface area contributed by atoms with E-state index in [1.54, 1.807) is 22.7 Å². The third kappa shape index (κ3) is 12.4. The van der Waals surface area contributed by atoms with Gasteiger partial charge in [0.1, 0.15) is 35.6 Å². The number of benzene rings is 2. The Morgan fingerprint density at radius 3 is 2.33 bits per heavy atom. The van der Waals surface area contributed by atoms with Crippen molar-refractivity contribution in [3.63, 3.8) is 0 Å². The number of likely N-dealkylation sites (tertiary alicyclic amines) is 1. The third-order valence-electron chi connectivity index (χ3n) is 12.6. The first-order valence-electron chi connectivity index (χ1n) is 23.8. The highest BCUT2D eigenvalue weighted by molar-refractivity contribution is 7.15. The predicted molar refractivity (Wildman–Crippen MR) is 273 cm³/mol. The second-order valence-electron chi connectivity index (χ2n) is 19.0. The van der Waals surface area contributed by atoms with Crippen LogP contribution in [0.25, 0.3) is 15.4 Å². The molecule has 2 aromatic carbocycles. The zero-order chi connectivity index (χ0) is 50.3. The summed E-state index contributed by atoms with van der Waals surface area (Å²) in [5.74, 6) is -0.173. The quantitative estimate of drug-likeness (QED) is 0.0573. The number of hydrogen-bond donors (Lipinski definition) is 4. The van der Waals surface area contributed by atoms with Crippen LogP contribution in [0.4, 0.5) is 0 Å². The van der Waals surface area contributed by atoms with E-state index < -0.39 is 41.5 Å². The molecule has 5 aromatic rings. The standard InChI is InChI=1S/C51H64ClN9O7S2/c1-9-11-38(33-12-14-35(15-13-33)45-30(3)54-28-69-45)56-48(65)40-24-37(62)26-60(40)49(66)46(51(6,7)8)57-42(64)27-68-22-10-21-67-23-20-53-41(63)25-39-47-59-58-32(5)61(47)50-43(29(2)31(4)70-50)44(55-39)34-16-18-36(52)19-17-34/h12-19,28,37-40,46,62H,9-11,20-27H2,1-8H3,(H,53,63)(H,56,65)(H,57,64)/t37-,38+,39+,40+,46-/m1/s1. The first kappa shape index (κ1) is 52.5. The van der Waals surface area contributed by atoms with Gasteiger partial charge in [-0.1, -0.05) is 82.1 Å². The summed E-state index contributed by atoms with van der Waals surface area (Å²) in [6.07, 6.45) is 1.25. The number of rotatable bonds is 20. The van der Waals surface area contributed by atoms with Crippen molar-refractivity contribution in [3.8, 4) is 15.4 Å². The molecule has 0 spiro atoms. The maximum absolute atomic E-state index is 14.2. The fourth-order valence-electron chi connectivity index (χ4n) is 8.82. The smallest absolute Gasteiger partial charge is 0.246 e. The van der Waals surface area contributed by atoms with E-state index >= 15 is 0 Å². The molecule has 7 rings (SSSR count). The summed E-state index contributed by atoms with van der Waals surface area (Å²) < 4.78 is 13.4. The van der Waals surface area contributed by atoms with Gasteiger partial charge in [0.25, 0.3) is 0 Å². The van der Waals surface area contributed by atoms with Gasteiger partial charge in [0, 0.05) is 53.8 Å². The van der Waals surface area contributed by atoms with Gasteiger partial charge in [0.2, 0.25) is 23.6 Å². The number of nitrogens with zero attached hydrogens (tertiary/aromatic N) is 6. The largest absolute Gasteiger partial charge is 0.391 e. The lowest BCUT2D eigenvalue weighted by Crippen LogP contribution is -2.58. The average Bonchev–Trinajstić information content (AvgIpc) is 4.09. The maximum Gasteiger partial charge on any atom is 0.246 e. The molecular formula is C51H64ClN9O7S2. The van der Waals surface area contributed by atoms with Crippen LogP contribution in [-0.4, -0.2) is 117 Å². The lowest BCUT2D eigenvalue weighted by Gasteiger charge is -2.35. The van der Waals surface area contributed by atoms with Gasteiger partial charge < -0.3 is 35.4 Å². The van der Waals surface area contributed by atoms with Crippen molar-refractivity contribution in [2.45, 2.75) is 118 Å². The second kappa shape index (κ2) is 23.2. The van der Waals surface area contributed by atoms with Gasteiger partial charge in [0.15, 0.2) is 5.82 Å². The molecule has 1 fully saturated rings. The van der Waals surface area contributed by atoms with E-state index in [2.05, 4.69) is 45.0 Å². The molecule has 5 atom stereocenters. The van der Waals surface area contributed by atoms with Crippen LogP contribution in [0.3, 0.4) is 0 Å². The van der Waals surface area contributed by atoms with Gasteiger partial charge in [-0.2, -0.15) is 0 Å². The molecule has 2 aliphatic rings. The lowest BCUT2D eigenvalue weighted by molar-refractivity contribution is -0.144. The van der Waals surface area contributed by atoms with Crippen LogP contribution in [0.1, 0.15) is 116 Å². The Labute approximate surface area is 422 Å². The van der Waals surface area contributed by atoms with E-state index in [0.29, 0.717) is 36.1 Å². The summed E-state index contributed by atoms with van der Waals surface area (Å²) in [5, 5.41) is 30.1. The van der Waals surface area contributed by atoms with Crippen molar-refractivity contribution in [1.82, 2.24) is 40.6 Å². The van der Waals surface area contributed by atoms with Crippen LogP contribution >= 0.6 is 34.3 Å². The zero-order valence-electron chi connectivity index (χ0n) is 41.1. The number of hydrogen-bond acceptors (Lipinski definition) is 13. The Bertz CT molecular complexity index is 2670. The van der Waals surface area contributed by atoms with E-state index in [4.69, 9.17) is 26.1 Å². The fraction of sp³-hybridized carbons (Fsp3) is 0.490.